The van der Waals surface area contributed by atoms with E-state index in [0.717, 1.165) is 38.0 Å². The van der Waals surface area contributed by atoms with Gasteiger partial charge in [-0.3, -0.25) is 0 Å². The fourth-order valence-electron chi connectivity index (χ4n) is 7.48. The Kier molecular flexibility index (Phi) is 13.2. The summed E-state index contributed by atoms with van der Waals surface area (Å²) in [5.74, 6) is 1.04. The van der Waals surface area contributed by atoms with Crippen molar-refractivity contribution in [3.8, 4) is 5.75 Å². The second-order valence-electron chi connectivity index (χ2n) is 12.7. The van der Waals surface area contributed by atoms with E-state index in [9.17, 15) is 8.42 Å². The maximum Gasteiger partial charge on any atom is 0.184 e. The summed E-state index contributed by atoms with van der Waals surface area (Å²) in [5, 5.41) is 13.2. The normalized spacial score (nSPS) is 25.0. The molecule has 0 radical (unpaired) electrons. The largest absolute Gasteiger partial charge is 0.494 e. The number of rotatable bonds is 13. The third kappa shape index (κ3) is 8.07. The van der Waals surface area contributed by atoms with Crippen LogP contribution in [0.25, 0.3) is 10.8 Å². The van der Waals surface area contributed by atoms with E-state index in [1.54, 1.807) is 12.1 Å². The van der Waals surface area contributed by atoms with Crippen LogP contribution in [-0.2, 0) is 16.4 Å². The van der Waals surface area contributed by atoms with Gasteiger partial charge in [0.2, 0.25) is 0 Å². The number of hydrogen-bond acceptors (Lipinski definition) is 6. The SMILES string of the molecule is Br.Br.CCCCCOc1ccc(S(=O)(=O)[C@@H]2[C@H]3N[C@H](C[C@@H]3CNC3CCCCC3)[C@H]2NCc2ccc3ccccc3c2)cc1. The van der Waals surface area contributed by atoms with Gasteiger partial charge in [0.05, 0.1) is 16.8 Å². The van der Waals surface area contributed by atoms with Crippen LogP contribution in [0, 0.1) is 5.92 Å². The molecule has 3 N–H and O–H groups in total. The van der Waals surface area contributed by atoms with Crippen LogP contribution in [-0.4, -0.2) is 51.0 Å². The quantitative estimate of drug-likeness (QED) is 0.161. The van der Waals surface area contributed by atoms with E-state index in [4.69, 9.17) is 4.74 Å². The molecule has 0 amide bonds. The van der Waals surface area contributed by atoms with Gasteiger partial charge in [0, 0.05) is 30.7 Å². The Hall–Kier alpha value is -1.49. The van der Waals surface area contributed by atoms with E-state index in [0.29, 0.717) is 30.0 Å². The first-order valence-electron chi connectivity index (χ1n) is 16.2. The van der Waals surface area contributed by atoms with E-state index in [1.807, 2.05) is 12.1 Å². The van der Waals surface area contributed by atoms with Crippen LogP contribution in [0.4, 0.5) is 0 Å². The van der Waals surface area contributed by atoms with E-state index < -0.39 is 15.1 Å². The maximum absolute atomic E-state index is 14.3. The topological polar surface area (TPSA) is 79.5 Å². The van der Waals surface area contributed by atoms with Gasteiger partial charge in [-0.2, -0.15) is 0 Å². The van der Waals surface area contributed by atoms with Crippen LogP contribution in [0.1, 0.15) is 70.3 Å². The first-order valence-corrected chi connectivity index (χ1v) is 17.7. The molecular weight excluding hydrogens is 702 g/mol. The van der Waals surface area contributed by atoms with Crippen LogP contribution in [0.5, 0.6) is 5.75 Å². The molecule has 6 nitrogen and oxygen atoms in total. The summed E-state index contributed by atoms with van der Waals surface area (Å²) in [6, 6.07) is 22.5. The molecule has 6 rings (SSSR count). The zero-order valence-corrected chi connectivity index (χ0v) is 30.0. The summed E-state index contributed by atoms with van der Waals surface area (Å²) >= 11 is 0. The summed E-state index contributed by atoms with van der Waals surface area (Å²) < 4.78 is 34.6. The Labute approximate surface area is 285 Å². The van der Waals surface area contributed by atoms with Crippen LogP contribution in [0.15, 0.2) is 71.6 Å². The number of sulfone groups is 1. The van der Waals surface area contributed by atoms with Gasteiger partial charge in [-0.1, -0.05) is 75.4 Å². The lowest BCUT2D eigenvalue weighted by Gasteiger charge is -2.35. The van der Waals surface area contributed by atoms with Gasteiger partial charge in [0.15, 0.2) is 9.84 Å². The Morgan fingerprint density at radius 3 is 2.39 bits per heavy atom. The molecule has 2 saturated heterocycles. The van der Waals surface area contributed by atoms with Gasteiger partial charge in [0.1, 0.15) is 5.75 Å². The summed E-state index contributed by atoms with van der Waals surface area (Å²) in [6.07, 6.45) is 10.7. The van der Waals surface area contributed by atoms with Crippen molar-refractivity contribution in [3.63, 3.8) is 0 Å². The average Bonchev–Trinajstić information content (AvgIpc) is 3.61. The zero-order chi connectivity index (χ0) is 28.9. The number of unbranched alkanes of at least 4 members (excludes halogenated alkanes) is 2. The van der Waals surface area contributed by atoms with Crippen molar-refractivity contribution in [1.82, 2.24) is 16.0 Å². The van der Waals surface area contributed by atoms with Gasteiger partial charge in [-0.15, -0.1) is 34.0 Å². The van der Waals surface area contributed by atoms with Crippen LogP contribution in [0.2, 0.25) is 0 Å². The minimum atomic E-state index is -3.59. The highest BCUT2D eigenvalue weighted by Gasteiger charge is 2.57. The third-order valence-electron chi connectivity index (χ3n) is 9.77. The fourth-order valence-corrected chi connectivity index (χ4v) is 9.67. The van der Waals surface area contributed by atoms with Gasteiger partial charge in [-0.05, 0) is 84.8 Å². The van der Waals surface area contributed by atoms with Crippen molar-refractivity contribution < 1.29 is 13.2 Å². The standard InChI is InChI=1S/C35H47N3O3S.2BrH/c1-2-3-9-20-41-30-16-18-31(19-17-30)42(39,40)35-33-28(24-36-29-12-5-4-6-13-29)22-32(38-33)34(35)37-23-25-14-15-26-10-7-8-11-27(26)21-25;;/h7-8,10-11,14-19,21,28-29,32-38H,2-6,9,12-13,20,22-24H2,1H3;2*1H/t28-,32-,33+,34-,35-;;/m1../s1. The molecule has 9 heteroatoms. The Bertz CT molecular complexity index is 1430. The fraction of sp³-hybridized carbons (Fsp3) is 0.543. The lowest BCUT2D eigenvalue weighted by atomic mass is 9.84. The minimum absolute atomic E-state index is 0. The number of benzene rings is 3. The zero-order valence-electron chi connectivity index (χ0n) is 25.7. The highest BCUT2D eigenvalue weighted by Crippen LogP contribution is 2.40. The van der Waals surface area contributed by atoms with E-state index >= 15 is 0 Å². The predicted molar refractivity (Wildman–Crippen MR) is 191 cm³/mol. The van der Waals surface area contributed by atoms with Crippen molar-refractivity contribution in [3.05, 3.63) is 72.3 Å². The number of nitrogens with one attached hydrogen (secondary N) is 3. The van der Waals surface area contributed by atoms with E-state index in [2.05, 4.69) is 65.3 Å². The number of ether oxygens (including phenoxy) is 1. The molecule has 3 fully saturated rings. The van der Waals surface area contributed by atoms with Crippen molar-refractivity contribution in [2.45, 2.75) is 106 Å². The van der Waals surface area contributed by atoms with Crippen LogP contribution < -0.4 is 20.7 Å². The van der Waals surface area contributed by atoms with E-state index in [-0.39, 0.29) is 52.1 Å². The Balaban J connectivity index is 0.00000221. The molecule has 3 aromatic carbocycles. The summed E-state index contributed by atoms with van der Waals surface area (Å²) in [5.41, 5.74) is 1.17. The summed E-state index contributed by atoms with van der Waals surface area (Å²) in [4.78, 5) is 0.388. The Morgan fingerprint density at radius 2 is 1.64 bits per heavy atom. The molecule has 5 atom stereocenters. The summed E-state index contributed by atoms with van der Waals surface area (Å²) in [6.45, 7) is 4.35. The van der Waals surface area contributed by atoms with Crippen molar-refractivity contribution in [1.29, 1.82) is 0 Å². The van der Waals surface area contributed by atoms with Gasteiger partial charge < -0.3 is 20.7 Å². The molecule has 2 bridgehead atoms. The van der Waals surface area contributed by atoms with E-state index in [1.165, 1.54) is 48.4 Å². The first kappa shape index (κ1) is 35.4. The lowest BCUT2D eigenvalue weighted by molar-refractivity contribution is 0.298. The molecule has 242 valence electrons. The van der Waals surface area contributed by atoms with Crippen LogP contribution in [0.3, 0.4) is 0 Å². The molecule has 3 aliphatic rings. The molecule has 2 aliphatic heterocycles. The molecule has 2 heterocycles. The number of fused-ring (bicyclic) bond motifs is 3. The second-order valence-corrected chi connectivity index (χ2v) is 14.8. The van der Waals surface area contributed by atoms with Gasteiger partial charge >= 0.3 is 0 Å². The monoisotopic (exact) mass is 749 g/mol. The smallest absolute Gasteiger partial charge is 0.184 e. The first-order chi connectivity index (χ1) is 20.5. The average molecular weight is 752 g/mol. The number of halogens is 2. The molecule has 0 aromatic heterocycles. The second kappa shape index (κ2) is 16.4. The predicted octanol–water partition coefficient (Wildman–Crippen LogP) is 7.15. The minimum Gasteiger partial charge on any atom is -0.494 e. The third-order valence-corrected chi connectivity index (χ3v) is 12.0. The highest BCUT2D eigenvalue weighted by atomic mass is 79.9. The van der Waals surface area contributed by atoms with Gasteiger partial charge in [0.25, 0.3) is 0 Å². The Morgan fingerprint density at radius 1 is 0.886 bits per heavy atom. The molecule has 1 aliphatic carbocycles. The highest BCUT2D eigenvalue weighted by molar-refractivity contribution is 8.93. The van der Waals surface area contributed by atoms with Gasteiger partial charge in [-0.25, -0.2) is 8.42 Å². The molecule has 3 aromatic rings. The molecule has 0 spiro atoms. The number of hydrogen-bond donors (Lipinski definition) is 3. The van der Waals surface area contributed by atoms with Crippen molar-refractivity contribution in [2.75, 3.05) is 13.2 Å². The molecular formula is C35H49Br2N3O3S. The molecule has 1 saturated carbocycles. The van der Waals surface area contributed by atoms with Crippen molar-refractivity contribution >= 4 is 54.6 Å². The maximum atomic E-state index is 14.3. The summed E-state index contributed by atoms with van der Waals surface area (Å²) in [7, 11) is -3.59. The van der Waals surface area contributed by atoms with Crippen molar-refractivity contribution in [2.24, 2.45) is 5.92 Å². The molecule has 0 unspecified atom stereocenters. The molecule has 44 heavy (non-hydrogen) atoms. The van der Waals surface area contributed by atoms with Crippen LogP contribution >= 0.6 is 34.0 Å². The lowest BCUT2D eigenvalue weighted by Crippen LogP contribution is -2.54.